The van der Waals surface area contributed by atoms with Gasteiger partial charge in [-0.25, -0.2) is 16.8 Å². The minimum Gasteiger partial charge on any atom is -0.495 e. The van der Waals surface area contributed by atoms with Crippen molar-refractivity contribution < 1.29 is 26.5 Å². The number of nitro groups is 1. The lowest BCUT2D eigenvalue weighted by molar-refractivity contribution is -0.387. The molecule has 10 nitrogen and oxygen atoms in total. The van der Waals surface area contributed by atoms with Crippen molar-refractivity contribution in [3.63, 3.8) is 0 Å². The van der Waals surface area contributed by atoms with E-state index >= 15 is 0 Å². The lowest BCUT2D eigenvalue weighted by Gasteiger charge is -2.15. The van der Waals surface area contributed by atoms with E-state index in [0.29, 0.717) is 4.47 Å². The zero-order chi connectivity index (χ0) is 25.3. The summed E-state index contributed by atoms with van der Waals surface area (Å²) in [7, 11) is -7.30. The van der Waals surface area contributed by atoms with Crippen molar-refractivity contribution in [2.75, 3.05) is 16.6 Å². The second-order valence-electron chi connectivity index (χ2n) is 6.57. The fourth-order valence-corrected chi connectivity index (χ4v) is 5.97. The molecule has 34 heavy (non-hydrogen) atoms. The molecule has 0 bridgehead atoms. The van der Waals surface area contributed by atoms with Crippen LogP contribution in [0.2, 0.25) is 10.0 Å². The summed E-state index contributed by atoms with van der Waals surface area (Å²) in [6.45, 7) is 0. The number of nitrogens with one attached hydrogen (secondary N) is 2. The Labute approximate surface area is 213 Å². The van der Waals surface area contributed by atoms with E-state index < -0.39 is 35.6 Å². The van der Waals surface area contributed by atoms with E-state index in [0.717, 1.165) is 24.3 Å². The maximum absolute atomic E-state index is 12.9. The molecule has 0 saturated heterocycles. The summed E-state index contributed by atoms with van der Waals surface area (Å²) in [5.41, 5.74) is -0.816. The van der Waals surface area contributed by atoms with Crippen molar-refractivity contribution in [2.45, 2.75) is 9.79 Å². The van der Waals surface area contributed by atoms with E-state index in [1.54, 1.807) is 0 Å². The normalized spacial score (nSPS) is 11.6. The fourth-order valence-electron chi connectivity index (χ4n) is 2.76. The largest absolute Gasteiger partial charge is 0.495 e. The summed E-state index contributed by atoms with van der Waals surface area (Å²) < 4.78 is 61.4. The molecule has 15 heteroatoms. The van der Waals surface area contributed by atoms with Gasteiger partial charge in [0.25, 0.3) is 25.7 Å². The third kappa shape index (κ3) is 5.73. The van der Waals surface area contributed by atoms with Gasteiger partial charge in [0, 0.05) is 10.5 Å². The van der Waals surface area contributed by atoms with Gasteiger partial charge in [0.15, 0.2) is 4.90 Å². The summed E-state index contributed by atoms with van der Waals surface area (Å²) >= 11 is 14.8. The Morgan fingerprint density at radius 2 is 1.62 bits per heavy atom. The molecule has 0 unspecified atom stereocenters. The fraction of sp³-hybridized carbons (Fsp3) is 0.0526. The van der Waals surface area contributed by atoms with E-state index in [2.05, 4.69) is 25.4 Å². The highest BCUT2D eigenvalue weighted by molar-refractivity contribution is 9.10. The number of rotatable bonds is 8. The maximum atomic E-state index is 12.9. The van der Waals surface area contributed by atoms with Crippen molar-refractivity contribution in [2.24, 2.45) is 0 Å². The Morgan fingerprint density at radius 3 is 2.24 bits per heavy atom. The summed E-state index contributed by atoms with van der Waals surface area (Å²) in [4.78, 5) is 9.69. The van der Waals surface area contributed by atoms with Gasteiger partial charge < -0.3 is 4.74 Å². The maximum Gasteiger partial charge on any atom is 0.289 e. The molecule has 3 rings (SSSR count). The average Bonchev–Trinajstić information content (AvgIpc) is 2.75. The Kier molecular flexibility index (Phi) is 7.62. The minimum absolute atomic E-state index is 0.0219. The summed E-state index contributed by atoms with van der Waals surface area (Å²) in [6, 6.07) is 10.9. The van der Waals surface area contributed by atoms with E-state index in [9.17, 15) is 26.9 Å². The lowest BCUT2D eigenvalue weighted by atomic mass is 10.2. The third-order valence-electron chi connectivity index (χ3n) is 4.31. The van der Waals surface area contributed by atoms with Crippen LogP contribution in [-0.2, 0) is 20.0 Å². The molecule has 0 fully saturated rings. The van der Waals surface area contributed by atoms with Gasteiger partial charge in [-0.3, -0.25) is 19.6 Å². The van der Waals surface area contributed by atoms with Crippen molar-refractivity contribution in [1.82, 2.24) is 0 Å². The van der Waals surface area contributed by atoms with Gasteiger partial charge in [0.2, 0.25) is 0 Å². The van der Waals surface area contributed by atoms with Crippen molar-refractivity contribution in [3.8, 4) is 5.75 Å². The molecule has 0 radical (unpaired) electrons. The Hall–Kier alpha value is -2.58. The van der Waals surface area contributed by atoms with Gasteiger partial charge in [-0.05, 0) is 48.5 Å². The number of hydrogen-bond donors (Lipinski definition) is 2. The Balaban J connectivity index is 1.99. The number of sulfonamides is 2. The third-order valence-corrected chi connectivity index (χ3v) is 8.31. The Bertz CT molecular complexity index is 1500. The first-order valence-electron chi connectivity index (χ1n) is 8.97. The molecule has 0 spiro atoms. The van der Waals surface area contributed by atoms with Crippen LogP contribution in [0.5, 0.6) is 5.75 Å². The van der Waals surface area contributed by atoms with Crippen LogP contribution in [0, 0.1) is 10.1 Å². The predicted molar refractivity (Wildman–Crippen MR) is 132 cm³/mol. The smallest absolute Gasteiger partial charge is 0.289 e. The first-order valence-corrected chi connectivity index (χ1v) is 13.5. The van der Waals surface area contributed by atoms with Gasteiger partial charge >= 0.3 is 0 Å². The van der Waals surface area contributed by atoms with Crippen LogP contribution in [-0.4, -0.2) is 28.9 Å². The van der Waals surface area contributed by atoms with Crippen LogP contribution in [0.1, 0.15) is 0 Å². The van der Waals surface area contributed by atoms with Gasteiger partial charge in [-0.2, -0.15) is 0 Å². The molecule has 0 aliphatic heterocycles. The van der Waals surface area contributed by atoms with Gasteiger partial charge in [0.1, 0.15) is 5.75 Å². The van der Waals surface area contributed by atoms with Crippen LogP contribution in [0.15, 0.2) is 68.9 Å². The van der Waals surface area contributed by atoms with E-state index in [4.69, 9.17) is 27.9 Å². The number of halogens is 3. The molecule has 0 saturated carbocycles. The monoisotopic (exact) mass is 609 g/mol. The second kappa shape index (κ2) is 9.96. The molecule has 180 valence electrons. The first kappa shape index (κ1) is 26.0. The zero-order valence-corrected chi connectivity index (χ0v) is 21.7. The molecule has 0 amide bonds. The molecule has 0 aliphatic carbocycles. The van der Waals surface area contributed by atoms with Crippen molar-refractivity contribution in [1.29, 1.82) is 0 Å². The number of ether oxygens (including phenoxy) is 1. The highest BCUT2D eigenvalue weighted by Crippen LogP contribution is 2.34. The summed E-state index contributed by atoms with van der Waals surface area (Å²) in [6.07, 6.45) is 0. The summed E-state index contributed by atoms with van der Waals surface area (Å²) in [5, 5.41) is 11.5. The zero-order valence-electron chi connectivity index (χ0n) is 17.0. The quantitative estimate of drug-likeness (QED) is 0.261. The second-order valence-corrected chi connectivity index (χ2v) is 11.6. The molecular formula is C19H14BrCl2N3O7S2. The van der Waals surface area contributed by atoms with Crippen LogP contribution >= 0.6 is 39.1 Å². The first-order chi connectivity index (χ1) is 15.8. The van der Waals surface area contributed by atoms with Gasteiger partial charge in [-0.1, -0.05) is 39.1 Å². The minimum atomic E-state index is -4.43. The summed E-state index contributed by atoms with van der Waals surface area (Å²) in [5.74, 6) is 0.0834. The van der Waals surface area contributed by atoms with Crippen LogP contribution in [0.3, 0.4) is 0 Å². The molecule has 0 heterocycles. The standard InChI is InChI=1S/C19H14BrCl2N3O7S2/c1-32-18-7-3-12(23-34(30,31)19-8-11(20)2-6-17(19)25(26)27)9-16(18)24-33(28,29)13-4-5-14(21)15(22)10-13/h2-10,23-24H,1H3. The number of anilines is 2. The van der Waals surface area contributed by atoms with Crippen LogP contribution in [0.4, 0.5) is 17.1 Å². The SMILES string of the molecule is COc1ccc(NS(=O)(=O)c2cc(Br)ccc2[N+](=O)[O-])cc1NS(=O)(=O)c1ccc(Cl)c(Cl)c1. The van der Waals surface area contributed by atoms with Gasteiger partial charge in [0.05, 0.1) is 38.3 Å². The topological polar surface area (TPSA) is 145 Å². The van der Waals surface area contributed by atoms with Crippen LogP contribution < -0.4 is 14.2 Å². The van der Waals surface area contributed by atoms with Crippen molar-refractivity contribution in [3.05, 3.63) is 79.2 Å². The average molecular weight is 611 g/mol. The van der Waals surface area contributed by atoms with Crippen molar-refractivity contribution >= 4 is 76.2 Å². The highest BCUT2D eigenvalue weighted by atomic mass is 79.9. The number of hydrogen-bond acceptors (Lipinski definition) is 7. The lowest BCUT2D eigenvalue weighted by Crippen LogP contribution is -2.16. The molecule has 3 aromatic carbocycles. The highest BCUT2D eigenvalue weighted by Gasteiger charge is 2.27. The number of methoxy groups -OCH3 is 1. The Morgan fingerprint density at radius 1 is 0.912 bits per heavy atom. The predicted octanol–water partition coefficient (Wildman–Crippen LogP) is 5.27. The molecule has 3 aromatic rings. The van der Waals surface area contributed by atoms with E-state index in [1.807, 2.05) is 0 Å². The molecule has 0 aliphatic rings. The van der Waals surface area contributed by atoms with Crippen LogP contribution in [0.25, 0.3) is 0 Å². The van der Waals surface area contributed by atoms with Gasteiger partial charge in [-0.15, -0.1) is 0 Å². The molecular weight excluding hydrogens is 597 g/mol. The van der Waals surface area contributed by atoms with E-state index in [-0.39, 0.29) is 32.1 Å². The molecule has 0 aromatic heterocycles. The van der Waals surface area contributed by atoms with E-state index in [1.165, 1.54) is 37.4 Å². The molecule has 2 N–H and O–H groups in total. The number of nitrogens with zero attached hydrogens (tertiary/aromatic N) is 1. The number of benzene rings is 3. The molecule has 0 atom stereocenters. The number of nitro benzene ring substituents is 1.